The van der Waals surface area contributed by atoms with Crippen molar-refractivity contribution in [2.24, 2.45) is 0 Å². The number of rotatable bonds is 4. The normalized spacial score (nSPS) is 19.0. The first-order chi connectivity index (χ1) is 11.4. The molecule has 2 aromatic heterocycles. The average molecular weight is 327 g/mol. The predicted octanol–water partition coefficient (Wildman–Crippen LogP) is 2.30. The number of para-hydroxylation sites is 1. The zero-order valence-corrected chi connectivity index (χ0v) is 13.4. The Morgan fingerprint density at radius 1 is 1.26 bits per heavy atom. The molecule has 0 amide bonds. The molecule has 0 radical (unpaired) electrons. The summed E-state index contributed by atoms with van der Waals surface area (Å²) in [6.45, 7) is 3.24. The molecule has 1 saturated heterocycles. The molecular formula is C16H17N5OS. The molecule has 3 aromatic rings. The van der Waals surface area contributed by atoms with E-state index >= 15 is 0 Å². The van der Waals surface area contributed by atoms with E-state index in [4.69, 9.17) is 4.74 Å². The molecule has 1 aliphatic heterocycles. The van der Waals surface area contributed by atoms with Crippen molar-refractivity contribution in [3.8, 4) is 5.69 Å². The standard InChI is InChI=1S/C16H17N5OS/c1-2-4-14(5-3-1)21-18-10-13(19-21)11-20-7-8-22-15(12-20)16-17-6-9-23-16/h1-6,9-10,15H,7-8,11-12H2. The lowest BCUT2D eigenvalue weighted by atomic mass is 10.2. The Morgan fingerprint density at radius 2 is 2.17 bits per heavy atom. The van der Waals surface area contributed by atoms with Gasteiger partial charge in [0.1, 0.15) is 11.1 Å². The summed E-state index contributed by atoms with van der Waals surface area (Å²) < 4.78 is 5.83. The van der Waals surface area contributed by atoms with Crippen LogP contribution in [0.5, 0.6) is 0 Å². The topological polar surface area (TPSA) is 56.1 Å². The van der Waals surface area contributed by atoms with Crippen LogP contribution < -0.4 is 0 Å². The SMILES string of the molecule is c1ccc(-n2ncc(CN3CCOC(c4nccs4)C3)n2)cc1. The second-order valence-corrected chi connectivity index (χ2v) is 6.35. The Bertz CT molecular complexity index is 743. The van der Waals surface area contributed by atoms with Gasteiger partial charge in [0.25, 0.3) is 0 Å². The van der Waals surface area contributed by atoms with Crippen molar-refractivity contribution in [2.75, 3.05) is 19.7 Å². The monoisotopic (exact) mass is 327 g/mol. The lowest BCUT2D eigenvalue weighted by molar-refractivity contribution is -0.0333. The largest absolute Gasteiger partial charge is 0.368 e. The van der Waals surface area contributed by atoms with E-state index < -0.39 is 0 Å². The molecule has 23 heavy (non-hydrogen) atoms. The van der Waals surface area contributed by atoms with Crippen LogP contribution in [0.4, 0.5) is 0 Å². The highest BCUT2D eigenvalue weighted by atomic mass is 32.1. The number of hydrogen-bond donors (Lipinski definition) is 0. The maximum absolute atomic E-state index is 5.83. The first kappa shape index (κ1) is 14.5. The summed E-state index contributed by atoms with van der Waals surface area (Å²) in [4.78, 5) is 8.38. The number of ether oxygens (including phenoxy) is 1. The van der Waals surface area contributed by atoms with E-state index in [9.17, 15) is 0 Å². The molecule has 0 bridgehead atoms. The van der Waals surface area contributed by atoms with Crippen LogP contribution in [0.25, 0.3) is 5.69 Å². The number of benzene rings is 1. The Kier molecular flexibility index (Phi) is 4.14. The fraction of sp³-hybridized carbons (Fsp3) is 0.312. The zero-order chi connectivity index (χ0) is 15.5. The maximum Gasteiger partial charge on any atom is 0.123 e. The van der Waals surface area contributed by atoms with E-state index in [0.717, 1.165) is 42.6 Å². The van der Waals surface area contributed by atoms with E-state index in [1.165, 1.54) is 0 Å². The van der Waals surface area contributed by atoms with Gasteiger partial charge in [0.2, 0.25) is 0 Å². The van der Waals surface area contributed by atoms with E-state index in [2.05, 4.69) is 20.1 Å². The van der Waals surface area contributed by atoms with Gasteiger partial charge in [-0.15, -0.1) is 11.3 Å². The quantitative estimate of drug-likeness (QED) is 0.736. The fourth-order valence-corrected chi connectivity index (χ4v) is 3.35. The maximum atomic E-state index is 5.83. The van der Waals surface area contributed by atoms with Crippen LogP contribution in [-0.4, -0.2) is 44.6 Å². The van der Waals surface area contributed by atoms with Gasteiger partial charge in [0.15, 0.2) is 0 Å². The summed E-state index contributed by atoms with van der Waals surface area (Å²) in [5.41, 5.74) is 1.94. The zero-order valence-electron chi connectivity index (χ0n) is 12.6. The molecular weight excluding hydrogens is 310 g/mol. The van der Waals surface area contributed by atoms with Crippen molar-refractivity contribution in [2.45, 2.75) is 12.6 Å². The second-order valence-electron chi connectivity index (χ2n) is 5.43. The molecule has 1 unspecified atom stereocenters. The Labute approximate surface area is 138 Å². The molecule has 3 heterocycles. The van der Waals surface area contributed by atoms with Gasteiger partial charge in [-0.3, -0.25) is 4.90 Å². The highest BCUT2D eigenvalue weighted by molar-refractivity contribution is 7.09. The van der Waals surface area contributed by atoms with E-state index in [1.54, 1.807) is 16.1 Å². The molecule has 1 aliphatic rings. The highest BCUT2D eigenvalue weighted by Gasteiger charge is 2.24. The van der Waals surface area contributed by atoms with Crippen molar-refractivity contribution < 1.29 is 4.74 Å². The van der Waals surface area contributed by atoms with Crippen LogP contribution in [-0.2, 0) is 11.3 Å². The third-order valence-corrected chi connectivity index (χ3v) is 4.66. The summed E-state index contributed by atoms with van der Waals surface area (Å²) in [7, 11) is 0. The summed E-state index contributed by atoms with van der Waals surface area (Å²) in [6, 6.07) is 9.95. The molecule has 1 aromatic carbocycles. The molecule has 6 nitrogen and oxygen atoms in total. The van der Waals surface area contributed by atoms with E-state index in [1.807, 2.05) is 48.1 Å². The number of morpholine rings is 1. The number of hydrogen-bond acceptors (Lipinski definition) is 6. The third-order valence-electron chi connectivity index (χ3n) is 3.79. The van der Waals surface area contributed by atoms with Crippen LogP contribution in [0.2, 0.25) is 0 Å². The van der Waals surface area contributed by atoms with Crippen LogP contribution >= 0.6 is 11.3 Å². The van der Waals surface area contributed by atoms with Gasteiger partial charge >= 0.3 is 0 Å². The first-order valence-electron chi connectivity index (χ1n) is 7.58. The van der Waals surface area contributed by atoms with Gasteiger partial charge in [0.05, 0.1) is 24.2 Å². The summed E-state index contributed by atoms with van der Waals surface area (Å²) in [5.74, 6) is 0. The van der Waals surface area contributed by atoms with E-state index in [0.29, 0.717) is 0 Å². The first-order valence-corrected chi connectivity index (χ1v) is 8.46. The molecule has 1 fully saturated rings. The summed E-state index contributed by atoms with van der Waals surface area (Å²) in [6.07, 6.45) is 3.72. The van der Waals surface area contributed by atoms with Crippen molar-refractivity contribution in [1.29, 1.82) is 0 Å². The van der Waals surface area contributed by atoms with Crippen molar-refractivity contribution in [3.63, 3.8) is 0 Å². The van der Waals surface area contributed by atoms with Crippen molar-refractivity contribution >= 4 is 11.3 Å². The lowest BCUT2D eigenvalue weighted by Crippen LogP contribution is -2.37. The van der Waals surface area contributed by atoms with Gasteiger partial charge in [-0.1, -0.05) is 18.2 Å². The summed E-state index contributed by atoms with van der Waals surface area (Å²) >= 11 is 1.64. The highest BCUT2D eigenvalue weighted by Crippen LogP contribution is 2.24. The molecule has 0 saturated carbocycles. The summed E-state index contributed by atoms with van der Waals surface area (Å²) in [5, 5.41) is 12.0. The minimum atomic E-state index is 0.0629. The van der Waals surface area contributed by atoms with Crippen molar-refractivity contribution in [1.82, 2.24) is 24.9 Å². The molecule has 4 rings (SSSR count). The fourth-order valence-electron chi connectivity index (χ4n) is 2.67. The minimum absolute atomic E-state index is 0.0629. The van der Waals surface area contributed by atoms with Crippen LogP contribution in [0.15, 0.2) is 48.1 Å². The van der Waals surface area contributed by atoms with Gasteiger partial charge in [-0.05, 0) is 12.1 Å². The Balaban J connectivity index is 1.43. The van der Waals surface area contributed by atoms with Crippen LogP contribution in [0.1, 0.15) is 16.8 Å². The predicted molar refractivity (Wildman–Crippen MR) is 87.4 cm³/mol. The smallest absolute Gasteiger partial charge is 0.123 e. The minimum Gasteiger partial charge on any atom is -0.368 e. The number of nitrogens with zero attached hydrogens (tertiary/aromatic N) is 5. The third kappa shape index (κ3) is 3.31. The molecule has 0 spiro atoms. The molecule has 0 aliphatic carbocycles. The van der Waals surface area contributed by atoms with Gasteiger partial charge in [-0.25, -0.2) is 4.98 Å². The van der Waals surface area contributed by atoms with Gasteiger partial charge in [0, 0.05) is 31.2 Å². The van der Waals surface area contributed by atoms with Crippen LogP contribution in [0, 0.1) is 0 Å². The Hall–Kier alpha value is -2.09. The van der Waals surface area contributed by atoms with Gasteiger partial charge in [-0.2, -0.15) is 15.0 Å². The number of aromatic nitrogens is 4. The second kappa shape index (κ2) is 6.57. The Morgan fingerprint density at radius 3 is 3.00 bits per heavy atom. The van der Waals surface area contributed by atoms with E-state index in [-0.39, 0.29) is 6.10 Å². The number of thiazole rings is 1. The average Bonchev–Trinajstić information content (AvgIpc) is 3.28. The molecule has 0 N–H and O–H groups in total. The van der Waals surface area contributed by atoms with Gasteiger partial charge < -0.3 is 4.74 Å². The lowest BCUT2D eigenvalue weighted by Gasteiger charge is -2.31. The molecule has 1 atom stereocenters. The molecule has 7 heteroatoms. The van der Waals surface area contributed by atoms with Crippen molar-refractivity contribution in [3.05, 3.63) is 58.8 Å². The molecule has 118 valence electrons. The van der Waals surface area contributed by atoms with Crippen LogP contribution in [0.3, 0.4) is 0 Å².